The fraction of sp³-hybridized carbons (Fsp3) is 0.162. The highest BCUT2D eigenvalue weighted by molar-refractivity contribution is 6.09. The summed E-state index contributed by atoms with van der Waals surface area (Å²) in [5.41, 5.74) is 6.46. The predicted molar refractivity (Wildman–Crippen MR) is 173 cm³/mol. The molecular weight excluding hydrogens is 530 g/mol. The first-order chi connectivity index (χ1) is 21.1. The first-order valence-corrected chi connectivity index (χ1v) is 14.7. The van der Waals surface area contributed by atoms with Gasteiger partial charge in [0.15, 0.2) is 0 Å². The molecule has 0 amide bonds. The fourth-order valence-electron chi connectivity index (χ4n) is 6.94. The van der Waals surface area contributed by atoms with Gasteiger partial charge in [0.1, 0.15) is 29.6 Å². The lowest BCUT2D eigenvalue weighted by Gasteiger charge is -2.37. The molecule has 0 bridgehead atoms. The van der Waals surface area contributed by atoms with Crippen molar-refractivity contribution >= 4 is 33.1 Å². The average Bonchev–Trinajstić information content (AvgIpc) is 3.53. The van der Waals surface area contributed by atoms with Gasteiger partial charge in [0.25, 0.3) is 0 Å². The molecule has 4 aromatic rings. The van der Waals surface area contributed by atoms with Crippen LogP contribution >= 0.6 is 0 Å². The van der Waals surface area contributed by atoms with Crippen molar-refractivity contribution in [1.82, 2.24) is 14.4 Å². The number of benzene rings is 3. The average molecular weight is 562 g/mol. The molecule has 3 aliphatic heterocycles. The Hall–Kier alpha value is -5.41. The Balaban J connectivity index is 1.22. The van der Waals surface area contributed by atoms with Gasteiger partial charge in [-0.25, -0.2) is 0 Å². The minimum Gasteiger partial charge on any atom is -0.460 e. The molecule has 6 heteroatoms. The Morgan fingerprint density at radius 3 is 2.60 bits per heavy atom. The van der Waals surface area contributed by atoms with E-state index in [-0.39, 0.29) is 12.2 Å². The van der Waals surface area contributed by atoms with Gasteiger partial charge < -0.3 is 24.0 Å². The second-order valence-electron chi connectivity index (χ2n) is 11.5. The van der Waals surface area contributed by atoms with E-state index < -0.39 is 0 Å². The number of allylic oxidation sites excluding steroid dienone is 6. The Morgan fingerprint density at radius 2 is 1.74 bits per heavy atom. The first-order valence-electron chi connectivity index (χ1n) is 14.7. The molecule has 0 N–H and O–H groups in total. The van der Waals surface area contributed by atoms with Crippen LogP contribution in [-0.4, -0.2) is 41.0 Å². The van der Waals surface area contributed by atoms with Gasteiger partial charge in [0.2, 0.25) is 0 Å². The second-order valence-corrected chi connectivity index (χ2v) is 11.5. The Morgan fingerprint density at radius 1 is 0.884 bits per heavy atom. The SMILES string of the molecule is CN1CC=CC=C1N1c2ccccc2C2=CC=C(Oc3cc4c(cc3C#N)c3ccccc3n4C3C=CC=CN3C)CC21. The van der Waals surface area contributed by atoms with Crippen LogP contribution in [0.4, 0.5) is 5.69 Å². The number of para-hydroxylation sites is 2. The van der Waals surface area contributed by atoms with E-state index in [9.17, 15) is 5.26 Å². The zero-order chi connectivity index (χ0) is 29.1. The lowest BCUT2D eigenvalue weighted by molar-refractivity contribution is 0.312. The molecule has 1 aromatic heterocycles. The van der Waals surface area contributed by atoms with E-state index in [1.807, 2.05) is 12.1 Å². The van der Waals surface area contributed by atoms with E-state index in [0.29, 0.717) is 17.7 Å². The normalized spacial score (nSPS) is 20.6. The molecule has 2 atom stereocenters. The molecule has 0 saturated carbocycles. The van der Waals surface area contributed by atoms with Gasteiger partial charge in [-0.15, -0.1) is 0 Å². The van der Waals surface area contributed by atoms with E-state index >= 15 is 0 Å². The third-order valence-electron chi connectivity index (χ3n) is 8.96. The fourth-order valence-corrected chi connectivity index (χ4v) is 6.94. The van der Waals surface area contributed by atoms with Gasteiger partial charge in [-0.05, 0) is 48.1 Å². The smallest absolute Gasteiger partial charge is 0.146 e. The number of ether oxygens (including phenoxy) is 1. The minimum atomic E-state index is 0.00734. The van der Waals surface area contributed by atoms with Crippen LogP contribution in [0.15, 0.2) is 127 Å². The maximum absolute atomic E-state index is 10.3. The van der Waals surface area contributed by atoms with Crippen LogP contribution in [-0.2, 0) is 0 Å². The number of anilines is 1. The topological polar surface area (TPSA) is 47.7 Å². The van der Waals surface area contributed by atoms with Crippen molar-refractivity contribution in [1.29, 1.82) is 5.26 Å². The van der Waals surface area contributed by atoms with Crippen LogP contribution in [0.1, 0.15) is 23.7 Å². The number of hydrogen-bond donors (Lipinski definition) is 0. The van der Waals surface area contributed by atoms with E-state index in [2.05, 4.69) is 143 Å². The van der Waals surface area contributed by atoms with Crippen molar-refractivity contribution in [3.05, 3.63) is 138 Å². The Kier molecular flexibility index (Phi) is 5.80. The zero-order valence-corrected chi connectivity index (χ0v) is 24.2. The van der Waals surface area contributed by atoms with E-state index in [1.54, 1.807) is 0 Å². The van der Waals surface area contributed by atoms with Gasteiger partial charge >= 0.3 is 0 Å². The van der Waals surface area contributed by atoms with Crippen molar-refractivity contribution in [3.8, 4) is 11.8 Å². The number of aromatic nitrogens is 1. The van der Waals surface area contributed by atoms with Crippen LogP contribution in [0.5, 0.6) is 5.75 Å². The van der Waals surface area contributed by atoms with Gasteiger partial charge in [0, 0.05) is 55.7 Å². The van der Waals surface area contributed by atoms with Crippen LogP contribution < -0.4 is 9.64 Å². The van der Waals surface area contributed by atoms with Crippen LogP contribution in [0.2, 0.25) is 0 Å². The molecule has 210 valence electrons. The third-order valence-corrected chi connectivity index (χ3v) is 8.96. The highest BCUT2D eigenvalue weighted by atomic mass is 16.5. The number of nitrogens with zero attached hydrogens (tertiary/aromatic N) is 5. The van der Waals surface area contributed by atoms with Crippen LogP contribution in [0.25, 0.3) is 27.4 Å². The maximum Gasteiger partial charge on any atom is 0.146 e. The Labute approximate surface area is 251 Å². The molecule has 43 heavy (non-hydrogen) atoms. The Bertz CT molecular complexity index is 2030. The second kappa shape index (κ2) is 9.85. The lowest BCUT2D eigenvalue weighted by Crippen LogP contribution is -2.40. The molecule has 0 fully saturated rings. The molecule has 1 aliphatic carbocycles. The summed E-state index contributed by atoms with van der Waals surface area (Å²) in [6.45, 7) is 0.871. The third kappa shape index (κ3) is 3.93. The molecule has 8 rings (SSSR count). The first kappa shape index (κ1) is 25.3. The van der Waals surface area contributed by atoms with Crippen LogP contribution in [0.3, 0.4) is 0 Å². The molecular formula is C37H31N5O. The minimum absolute atomic E-state index is 0.00734. The quantitative estimate of drug-likeness (QED) is 0.259. The van der Waals surface area contributed by atoms with Crippen LogP contribution in [0, 0.1) is 11.3 Å². The summed E-state index contributed by atoms with van der Waals surface area (Å²) in [5, 5.41) is 12.4. The highest BCUT2D eigenvalue weighted by Gasteiger charge is 2.39. The van der Waals surface area contributed by atoms with Gasteiger partial charge in [0.05, 0.1) is 28.3 Å². The maximum atomic E-state index is 10.3. The van der Waals surface area contributed by atoms with E-state index in [0.717, 1.165) is 34.1 Å². The molecule has 4 aliphatic rings. The number of fused-ring (bicyclic) bond motifs is 6. The van der Waals surface area contributed by atoms with E-state index in [1.165, 1.54) is 22.6 Å². The summed E-state index contributed by atoms with van der Waals surface area (Å²) in [6.07, 6.45) is 19.9. The standard InChI is InChI=1S/C37H31N5O/c1-39-19-9-7-15-36(39)41-31-13-5-3-11-27(31)29-18-17-26(22-33(29)41)43-35-23-34-30(21-25(35)24-38)28-12-4-6-14-32(28)42(34)37-16-8-10-20-40(37)2/h3-18,20-21,23,33,37H,19,22H2,1-2H3. The van der Waals surface area contributed by atoms with Crippen molar-refractivity contribution < 1.29 is 4.74 Å². The molecule has 4 heterocycles. The summed E-state index contributed by atoms with van der Waals surface area (Å²) in [5.74, 6) is 2.60. The number of rotatable bonds is 4. The number of likely N-dealkylation sites (N-methyl/N-ethyl adjacent to an activating group) is 2. The van der Waals surface area contributed by atoms with Crippen molar-refractivity contribution in [3.63, 3.8) is 0 Å². The molecule has 6 nitrogen and oxygen atoms in total. The van der Waals surface area contributed by atoms with Gasteiger partial charge in [-0.2, -0.15) is 5.26 Å². The molecule has 2 unspecified atom stereocenters. The summed E-state index contributed by atoms with van der Waals surface area (Å²) < 4.78 is 9.02. The zero-order valence-electron chi connectivity index (χ0n) is 24.2. The van der Waals surface area contributed by atoms with Gasteiger partial charge in [-0.3, -0.25) is 0 Å². The van der Waals surface area contributed by atoms with E-state index in [4.69, 9.17) is 4.74 Å². The molecule has 0 spiro atoms. The molecule has 3 aromatic carbocycles. The summed E-state index contributed by atoms with van der Waals surface area (Å²) in [4.78, 5) is 6.91. The molecule has 0 radical (unpaired) electrons. The van der Waals surface area contributed by atoms with Crippen molar-refractivity contribution in [2.45, 2.75) is 18.6 Å². The summed E-state index contributed by atoms with van der Waals surface area (Å²) >= 11 is 0. The monoisotopic (exact) mass is 561 g/mol. The lowest BCUT2D eigenvalue weighted by atomic mass is 9.95. The predicted octanol–water partition coefficient (Wildman–Crippen LogP) is 7.46. The number of nitriles is 1. The molecule has 0 saturated heterocycles. The largest absolute Gasteiger partial charge is 0.460 e. The summed E-state index contributed by atoms with van der Waals surface area (Å²) in [6, 6.07) is 23.6. The van der Waals surface area contributed by atoms with Gasteiger partial charge in [-0.1, -0.05) is 60.7 Å². The number of hydrogen-bond acceptors (Lipinski definition) is 5. The van der Waals surface area contributed by atoms with Crippen molar-refractivity contribution in [2.75, 3.05) is 25.5 Å². The summed E-state index contributed by atoms with van der Waals surface area (Å²) in [7, 11) is 4.22. The van der Waals surface area contributed by atoms with Crippen molar-refractivity contribution in [2.24, 2.45) is 0 Å². The highest BCUT2D eigenvalue weighted by Crippen LogP contribution is 2.47.